The van der Waals surface area contributed by atoms with Crippen LogP contribution in [0.4, 0.5) is 0 Å². The third kappa shape index (κ3) is 4.97. The van der Waals surface area contributed by atoms with Gasteiger partial charge in [0.15, 0.2) is 0 Å². The minimum Gasteiger partial charge on any atom is -0.497 e. The zero-order chi connectivity index (χ0) is 21.5. The average Bonchev–Trinajstić information content (AvgIpc) is 2.78. The van der Waals surface area contributed by atoms with E-state index in [2.05, 4.69) is 0 Å². The highest BCUT2D eigenvalue weighted by atomic mass is 16.5. The van der Waals surface area contributed by atoms with Gasteiger partial charge in [0.05, 0.1) is 14.2 Å². The van der Waals surface area contributed by atoms with Gasteiger partial charge in [0.25, 0.3) is 5.91 Å². The molecule has 3 aromatic carbocycles. The van der Waals surface area contributed by atoms with Crippen molar-refractivity contribution in [3.63, 3.8) is 0 Å². The number of carboxylic acids is 1. The number of rotatable bonds is 8. The van der Waals surface area contributed by atoms with Gasteiger partial charge in [0, 0.05) is 17.7 Å². The molecule has 0 radical (unpaired) electrons. The molecule has 1 amide bonds. The number of nitrogens with zero attached hydrogens (tertiary/aromatic N) is 1. The fraction of sp³-hybridized carbons (Fsp3) is 0.167. The van der Waals surface area contributed by atoms with Crippen LogP contribution in [0.3, 0.4) is 0 Å². The molecular formula is C24H23NO5. The molecule has 0 aliphatic rings. The first-order valence-electron chi connectivity index (χ1n) is 9.39. The summed E-state index contributed by atoms with van der Waals surface area (Å²) < 4.78 is 10.6. The molecule has 0 spiro atoms. The SMILES string of the molecule is COc1ccc(CN(CC(=O)O)C(=O)c2cccc(-c3ccccc3OC)c2)cc1. The first-order chi connectivity index (χ1) is 14.5. The topological polar surface area (TPSA) is 76.1 Å². The molecule has 0 aliphatic carbocycles. The van der Waals surface area contributed by atoms with Gasteiger partial charge in [0.2, 0.25) is 0 Å². The van der Waals surface area contributed by atoms with E-state index in [0.29, 0.717) is 17.1 Å². The highest BCUT2D eigenvalue weighted by molar-refractivity contribution is 5.97. The summed E-state index contributed by atoms with van der Waals surface area (Å²) in [6.45, 7) is -0.224. The fourth-order valence-corrected chi connectivity index (χ4v) is 3.20. The number of hydrogen-bond donors (Lipinski definition) is 1. The minimum absolute atomic E-state index is 0.175. The van der Waals surface area contributed by atoms with Crippen LogP contribution in [0.5, 0.6) is 11.5 Å². The Morgan fingerprint density at radius 3 is 2.30 bits per heavy atom. The summed E-state index contributed by atoms with van der Waals surface area (Å²) in [5.41, 5.74) is 2.90. The van der Waals surface area contributed by atoms with Crippen LogP contribution in [0.15, 0.2) is 72.8 Å². The third-order valence-corrected chi connectivity index (χ3v) is 4.67. The Hall–Kier alpha value is -3.80. The van der Waals surface area contributed by atoms with Crippen LogP contribution >= 0.6 is 0 Å². The van der Waals surface area contributed by atoms with Crippen molar-refractivity contribution in [3.05, 3.63) is 83.9 Å². The van der Waals surface area contributed by atoms with Crippen LogP contribution in [-0.2, 0) is 11.3 Å². The van der Waals surface area contributed by atoms with Crippen LogP contribution in [0.1, 0.15) is 15.9 Å². The summed E-state index contributed by atoms with van der Waals surface area (Å²) in [7, 11) is 3.17. The van der Waals surface area contributed by atoms with Gasteiger partial charge in [-0.1, -0.05) is 42.5 Å². The summed E-state index contributed by atoms with van der Waals surface area (Å²) in [5, 5.41) is 9.31. The maximum atomic E-state index is 13.2. The highest BCUT2D eigenvalue weighted by Crippen LogP contribution is 2.30. The van der Waals surface area contributed by atoms with Crippen molar-refractivity contribution in [1.82, 2.24) is 4.90 Å². The Kier molecular flexibility index (Phi) is 6.70. The lowest BCUT2D eigenvalue weighted by Gasteiger charge is -2.21. The molecule has 0 aromatic heterocycles. The van der Waals surface area contributed by atoms with Crippen molar-refractivity contribution in [2.75, 3.05) is 20.8 Å². The van der Waals surface area contributed by atoms with Gasteiger partial charge in [-0.15, -0.1) is 0 Å². The molecule has 6 heteroatoms. The number of aliphatic carboxylic acids is 1. The number of carbonyl (C=O) groups is 2. The van der Waals surface area contributed by atoms with Gasteiger partial charge in [-0.3, -0.25) is 9.59 Å². The molecule has 0 atom stereocenters. The predicted molar refractivity (Wildman–Crippen MR) is 114 cm³/mol. The van der Waals surface area contributed by atoms with Crippen LogP contribution in [-0.4, -0.2) is 42.6 Å². The zero-order valence-electron chi connectivity index (χ0n) is 16.9. The lowest BCUT2D eigenvalue weighted by atomic mass is 10.0. The van der Waals surface area contributed by atoms with E-state index in [1.807, 2.05) is 42.5 Å². The van der Waals surface area contributed by atoms with Crippen molar-refractivity contribution in [2.45, 2.75) is 6.54 Å². The maximum absolute atomic E-state index is 13.2. The van der Waals surface area contributed by atoms with E-state index < -0.39 is 12.5 Å². The summed E-state index contributed by atoms with van der Waals surface area (Å²) >= 11 is 0. The van der Waals surface area contributed by atoms with E-state index in [9.17, 15) is 14.7 Å². The largest absolute Gasteiger partial charge is 0.497 e. The van der Waals surface area contributed by atoms with E-state index in [-0.39, 0.29) is 12.5 Å². The monoisotopic (exact) mass is 405 g/mol. The second-order valence-electron chi connectivity index (χ2n) is 6.68. The standard InChI is InChI=1S/C24H23NO5/c1-29-20-12-10-17(11-13-20)15-25(16-23(26)27)24(28)19-7-5-6-18(14-19)21-8-3-4-9-22(21)30-2/h3-14H,15-16H2,1-2H3,(H,26,27). The van der Waals surface area contributed by atoms with E-state index in [4.69, 9.17) is 9.47 Å². The third-order valence-electron chi connectivity index (χ3n) is 4.67. The van der Waals surface area contributed by atoms with Gasteiger partial charge < -0.3 is 19.5 Å². The second-order valence-corrected chi connectivity index (χ2v) is 6.68. The highest BCUT2D eigenvalue weighted by Gasteiger charge is 2.20. The molecule has 0 bridgehead atoms. The average molecular weight is 405 g/mol. The maximum Gasteiger partial charge on any atom is 0.323 e. The number of amides is 1. The number of hydrogen-bond acceptors (Lipinski definition) is 4. The van der Waals surface area contributed by atoms with Crippen molar-refractivity contribution < 1.29 is 24.2 Å². The molecule has 0 fully saturated rings. The number of methoxy groups -OCH3 is 2. The Bertz CT molecular complexity index is 1030. The molecule has 3 aromatic rings. The number of benzene rings is 3. The van der Waals surface area contributed by atoms with E-state index >= 15 is 0 Å². The molecule has 1 N–H and O–H groups in total. The Balaban J connectivity index is 1.89. The minimum atomic E-state index is -1.07. The fourth-order valence-electron chi connectivity index (χ4n) is 3.20. The van der Waals surface area contributed by atoms with Gasteiger partial charge in [-0.05, 0) is 41.5 Å². The second kappa shape index (κ2) is 9.60. The zero-order valence-corrected chi connectivity index (χ0v) is 16.9. The molecule has 154 valence electrons. The summed E-state index contributed by atoms with van der Waals surface area (Å²) in [6, 6.07) is 21.8. The first kappa shape index (κ1) is 20.9. The molecule has 30 heavy (non-hydrogen) atoms. The molecule has 0 aliphatic heterocycles. The molecule has 0 unspecified atom stereocenters. The Morgan fingerprint density at radius 1 is 0.900 bits per heavy atom. The first-order valence-corrected chi connectivity index (χ1v) is 9.39. The number of ether oxygens (including phenoxy) is 2. The molecule has 3 rings (SSSR count). The molecule has 0 saturated carbocycles. The van der Waals surface area contributed by atoms with E-state index in [0.717, 1.165) is 16.7 Å². The lowest BCUT2D eigenvalue weighted by molar-refractivity contribution is -0.137. The van der Waals surface area contributed by atoms with Gasteiger partial charge >= 0.3 is 5.97 Å². The van der Waals surface area contributed by atoms with Crippen molar-refractivity contribution in [2.24, 2.45) is 0 Å². The summed E-state index contributed by atoms with van der Waals surface area (Å²) in [6.07, 6.45) is 0. The normalized spacial score (nSPS) is 10.3. The smallest absolute Gasteiger partial charge is 0.323 e. The van der Waals surface area contributed by atoms with Crippen molar-refractivity contribution in [3.8, 4) is 22.6 Å². The quantitative estimate of drug-likeness (QED) is 0.611. The Labute approximate surface area is 175 Å². The van der Waals surface area contributed by atoms with E-state index in [1.165, 1.54) is 4.90 Å². The van der Waals surface area contributed by atoms with Crippen molar-refractivity contribution >= 4 is 11.9 Å². The Morgan fingerprint density at radius 2 is 1.63 bits per heavy atom. The van der Waals surface area contributed by atoms with Crippen LogP contribution in [0.25, 0.3) is 11.1 Å². The van der Waals surface area contributed by atoms with E-state index in [1.54, 1.807) is 44.6 Å². The molecule has 0 saturated heterocycles. The van der Waals surface area contributed by atoms with Crippen LogP contribution in [0.2, 0.25) is 0 Å². The predicted octanol–water partition coefficient (Wildman–Crippen LogP) is 4.10. The van der Waals surface area contributed by atoms with Crippen LogP contribution in [0, 0.1) is 0 Å². The number of carbonyl (C=O) groups excluding carboxylic acids is 1. The lowest BCUT2D eigenvalue weighted by Crippen LogP contribution is -2.35. The molecule has 6 nitrogen and oxygen atoms in total. The van der Waals surface area contributed by atoms with Gasteiger partial charge in [-0.2, -0.15) is 0 Å². The molecular weight excluding hydrogens is 382 g/mol. The number of carboxylic acid groups (broad SMARTS) is 1. The summed E-state index contributed by atoms with van der Waals surface area (Å²) in [4.78, 5) is 25.8. The van der Waals surface area contributed by atoms with Gasteiger partial charge in [-0.25, -0.2) is 0 Å². The molecule has 0 heterocycles. The van der Waals surface area contributed by atoms with Crippen molar-refractivity contribution in [1.29, 1.82) is 0 Å². The van der Waals surface area contributed by atoms with Crippen LogP contribution < -0.4 is 9.47 Å². The van der Waals surface area contributed by atoms with Gasteiger partial charge in [0.1, 0.15) is 18.0 Å². The summed E-state index contributed by atoms with van der Waals surface area (Å²) in [5.74, 6) is -0.0372. The number of para-hydroxylation sites is 1.